The lowest BCUT2D eigenvalue weighted by Crippen LogP contribution is -2.26. The molecular formula is C18H25N3O2. The maximum Gasteiger partial charge on any atom is 0.254 e. The van der Waals surface area contributed by atoms with Gasteiger partial charge in [-0.1, -0.05) is 24.3 Å². The summed E-state index contributed by atoms with van der Waals surface area (Å²) in [7, 11) is 2.10. The summed E-state index contributed by atoms with van der Waals surface area (Å²) in [5, 5.41) is 2.90. The van der Waals surface area contributed by atoms with Gasteiger partial charge in [0.15, 0.2) is 0 Å². The van der Waals surface area contributed by atoms with Gasteiger partial charge in [0.05, 0.1) is 12.1 Å². The second-order valence-electron chi connectivity index (χ2n) is 6.02. The van der Waals surface area contributed by atoms with Crippen molar-refractivity contribution >= 4 is 5.91 Å². The zero-order chi connectivity index (χ0) is 16.8. The summed E-state index contributed by atoms with van der Waals surface area (Å²) in [5.74, 6) is 0.451. The second kappa shape index (κ2) is 7.94. The summed E-state index contributed by atoms with van der Waals surface area (Å²) in [6.45, 7) is 6.01. The van der Waals surface area contributed by atoms with Crippen LogP contribution in [0.1, 0.15) is 41.1 Å². The summed E-state index contributed by atoms with van der Waals surface area (Å²) >= 11 is 0. The number of carbonyl (C=O) groups is 1. The van der Waals surface area contributed by atoms with Crippen molar-refractivity contribution < 1.29 is 9.21 Å². The standard InChI is InChI=1S/C18H25N3O2/c1-13(2)21(3)11-15-6-4-5-14(7-15)10-20-18(22)16-8-17(9-19)23-12-16/h4-8,12-13H,9-11,19H2,1-3H3,(H,20,22). The molecule has 2 rings (SSSR count). The highest BCUT2D eigenvalue weighted by Gasteiger charge is 2.10. The van der Waals surface area contributed by atoms with Crippen molar-refractivity contribution in [1.29, 1.82) is 0 Å². The quantitative estimate of drug-likeness (QED) is 0.823. The number of nitrogens with one attached hydrogen (secondary N) is 1. The van der Waals surface area contributed by atoms with Crippen LogP contribution in [-0.4, -0.2) is 23.9 Å². The minimum Gasteiger partial charge on any atom is -0.467 e. The van der Waals surface area contributed by atoms with Crippen molar-refractivity contribution in [3.63, 3.8) is 0 Å². The normalized spacial score (nSPS) is 11.2. The molecule has 1 aromatic carbocycles. The highest BCUT2D eigenvalue weighted by molar-refractivity contribution is 5.93. The first kappa shape index (κ1) is 17.2. The van der Waals surface area contributed by atoms with Gasteiger partial charge in [-0.05, 0) is 38.1 Å². The van der Waals surface area contributed by atoms with E-state index in [1.807, 2.05) is 12.1 Å². The molecule has 1 heterocycles. The Morgan fingerprint density at radius 2 is 2.04 bits per heavy atom. The first-order valence-corrected chi connectivity index (χ1v) is 7.83. The molecule has 1 aromatic heterocycles. The van der Waals surface area contributed by atoms with E-state index in [0.717, 1.165) is 12.1 Å². The number of hydrogen-bond acceptors (Lipinski definition) is 4. The Balaban J connectivity index is 1.94. The van der Waals surface area contributed by atoms with E-state index in [0.29, 0.717) is 30.5 Å². The Bertz CT molecular complexity index is 649. The van der Waals surface area contributed by atoms with Crippen LogP contribution in [0.5, 0.6) is 0 Å². The topological polar surface area (TPSA) is 71.5 Å². The molecule has 0 radical (unpaired) electrons. The fourth-order valence-corrected chi connectivity index (χ4v) is 2.20. The van der Waals surface area contributed by atoms with E-state index >= 15 is 0 Å². The molecule has 0 bridgehead atoms. The van der Waals surface area contributed by atoms with Gasteiger partial charge in [0.1, 0.15) is 12.0 Å². The van der Waals surface area contributed by atoms with Gasteiger partial charge < -0.3 is 15.5 Å². The summed E-state index contributed by atoms with van der Waals surface area (Å²) in [6.07, 6.45) is 1.44. The monoisotopic (exact) mass is 315 g/mol. The Labute approximate surface area is 137 Å². The van der Waals surface area contributed by atoms with Gasteiger partial charge in [-0.15, -0.1) is 0 Å². The number of nitrogens with two attached hydrogens (primary N) is 1. The zero-order valence-electron chi connectivity index (χ0n) is 14.0. The van der Waals surface area contributed by atoms with Crippen molar-refractivity contribution in [2.24, 2.45) is 5.73 Å². The first-order valence-electron chi connectivity index (χ1n) is 7.83. The zero-order valence-corrected chi connectivity index (χ0v) is 14.0. The highest BCUT2D eigenvalue weighted by atomic mass is 16.3. The van der Waals surface area contributed by atoms with Crippen LogP contribution in [0.15, 0.2) is 41.0 Å². The Hall–Kier alpha value is -2.11. The van der Waals surface area contributed by atoms with E-state index < -0.39 is 0 Å². The van der Waals surface area contributed by atoms with Crippen LogP contribution >= 0.6 is 0 Å². The molecule has 124 valence electrons. The molecule has 0 atom stereocenters. The summed E-state index contributed by atoms with van der Waals surface area (Å²) in [5.41, 5.74) is 8.29. The third-order valence-electron chi connectivity index (χ3n) is 3.88. The molecule has 0 spiro atoms. The van der Waals surface area contributed by atoms with Crippen LogP contribution in [0, 0.1) is 0 Å². The van der Waals surface area contributed by atoms with Crippen LogP contribution in [0.3, 0.4) is 0 Å². The van der Waals surface area contributed by atoms with Crippen molar-refractivity contribution in [1.82, 2.24) is 10.2 Å². The minimum atomic E-state index is -0.154. The predicted octanol–water partition coefficient (Wildman–Crippen LogP) is 2.51. The fraction of sp³-hybridized carbons (Fsp3) is 0.389. The third-order valence-corrected chi connectivity index (χ3v) is 3.88. The minimum absolute atomic E-state index is 0.154. The van der Waals surface area contributed by atoms with Crippen LogP contribution < -0.4 is 11.1 Å². The van der Waals surface area contributed by atoms with Crippen molar-refractivity contribution in [2.45, 2.75) is 39.5 Å². The van der Waals surface area contributed by atoms with E-state index in [4.69, 9.17) is 10.2 Å². The lowest BCUT2D eigenvalue weighted by molar-refractivity contribution is 0.0950. The van der Waals surface area contributed by atoms with E-state index in [-0.39, 0.29) is 5.91 Å². The number of rotatable bonds is 7. The van der Waals surface area contributed by atoms with Gasteiger partial charge in [-0.2, -0.15) is 0 Å². The summed E-state index contributed by atoms with van der Waals surface area (Å²) in [6, 6.07) is 10.4. The van der Waals surface area contributed by atoms with Gasteiger partial charge in [0.25, 0.3) is 5.91 Å². The Morgan fingerprint density at radius 3 is 2.70 bits per heavy atom. The lowest BCUT2D eigenvalue weighted by Gasteiger charge is -2.21. The molecule has 0 saturated heterocycles. The molecule has 2 aromatic rings. The molecule has 0 unspecified atom stereocenters. The fourth-order valence-electron chi connectivity index (χ4n) is 2.20. The van der Waals surface area contributed by atoms with Gasteiger partial charge >= 0.3 is 0 Å². The molecule has 0 aliphatic rings. The molecule has 0 aliphatic heterocycles. The van der Waals surface area contributed by atoms with E-state index in [1.165, 1.54) is 11.8 Å². The number of amides is 1. The molecule has 3 N–H and O–H groups in total. The largest absolute Gasteiger partial charge is 0.467 e. The van der Waals surface area contributed by atoms with Crippen molar-refractivity contribution in [2.75, 3.05) is 7.05 Å². The molecule has 0 fully saturated rings. The Morgan fingerprint density at radius 1 is 1.30 bits per heavy atom. The highest BCUT2D eigenvalue weighted by Crippen LogP contribution is 2.11. The van der Waals surface area contributed by atoms with Crippen molar-refractivity contribution in [3.8, 4) is 0 Å². The molecule has 23 heavy (non-hydrogen) atoms. The SMILES string of the molecule is CC(C)N(C)Cc1cccc(CNC(=O)c2coc(CN)c2)c1. The number of hydrogen-bond donors (Lipinski definition) is 2. The smallest absolute Gasteiger partial charge is 0.254 e. The van der Waals surface area contributed by atoms with Crippen LogP contribution in [0.25, 0.3) is 0 Å². The maximum atomic E-state index is 12.1. The molecule has 5 heteroatoms. The average Bonchev–Trinajstić information content (AvgIpc) is 3.02. The third kappa shape index (κ3) is 4.94. The second-order valence-corrected chi connectivity index (χ2v) is 6.02. The van der Waals surface area contributed by atoms with E-state index in [1.54, 1.807) is 6.07 Å². The van der Waals surface area contributed by atoms with E-state index in [9.17, 15) is 4.79 Å². The first-order chi connectivity index (χ1) is 11.0. The summed E-state index contributed by atoms with van der Waals surface area (Å²) in [4.78, 5) is 14.4. The average molecular weight is 315 g/mol. The van der Waals surface area contributed by atoms with Crippen LogP contribution in [0.2, 0.25) is 0 Å². The van der Waals surface area contributed by atoms with Gasteiger partial charge in [0, 0.05) is 19.1 Å². The molecular weight excluding hydrogens is 290 g/mol. The summed E-state index contributed by atoms with van der Waals surface area (Å²) < 4.78 is 5.18. The number of nitrogens with zero attached hydrogens (tertiary/aromatic N) is 1. The molecule has 0 aliphatic carbocycles. The molecule has 0 saturated carbocycles. The molecule has 1 amide bonds. The lowest BCUT2D eigenvalue weighted by atomic mass is 10.1. The van der Waals surface area contributed by atoms with Crippen molar-refractivity contribution in [3.05, 3.63) is 59.0 Å². The number of carbonyl (C=O) groups excluding carboxylic acids is 1. The van der Waals surface area contributed by atoms with Gasteiger partial charge in [-0.25, -0.2) is 0 Å². The van der Waals surface area contributed by atoms with E-state index in [2.05, 4.69) is 43.2 Å². The molecule has 5 nitrogen and oxygen atoms in total. The van der Waals surface area contributed by atoms with Gasteiger partial charge in [-0.3, -0.25) is 9.69 Å². The van der Waals surface area contributed by atoms with Crippen LogP contribution in [-0.2, 0) is 19.6 Å². The predicted molar refractivity (Wildman–Crippen MR) is 90.8 cm³/mol. The Kier molecular flexibility index (Phi) is 5.96. The van der Waals surface area contributed by atoms with Crippen LogP contribution in [0.4, 0.5) is 0 Å². The van der Waals surface area contributed by atoms with Gasteiger partial charge in [0.2, 0.25) is 0 Å². The maximum absolute atomic E-state index is 12.1. The number of benzene rings is 1. The number of furan rings is 1.